The van der Waals surface area contributed by atoms with Crippen LogP contribution in [0.3, 0.4) is 0 Å². The molecule has 0 aromatic heterocycles. The zero-order valence-electron chi connectivity index (χ0n) is 11.5. The fraction of sp³-hybridized carbons (Fsp3) is 0.538. The number of likely N-dealkylation sites (N-methyl/N-ethyl adjacent to an activating group) is 2. The lowest BCUT2D eigenvalue weighted by Crippen LogP contribution is -2.26. The fourth-order valence-electron chi connectivity index (χ4n) is 1.70. The van der Waals surface area contributed by atoms with Crippen molar-refractivity contribution in [2.45, 2.75) is 13.2 Å². The normalized spacial score (nSPS) is 11.1. The Morgan fingerprint density at radius 1 is 1.32 bits per heavy atom. The third-order valence-electron chi connectivity index (χ3n) is 2.64. The van der Waals surface area contributed by atoms with Gasteiger partial charge in [-0.25, -0.2) is 0 Å². The second-order valence-electron chi connectivity index (χ2n) is 4.21. The highest BCUT2D eigenvalue weighted by molar-refractivity contribution is 5.42. The molecule has 19 heavy (non-hydrogen) atoms. The van der Waals surface area contributed by atoms with Crippen molar-refractivity contribution in [2.75, 3.05) is 34.3 Å². The number of ether oxygens (including phenoxy) is 2. The van der Waals surface area contributed by atoms with Crippen LogP contribution in [0.25, 0.3) is 0 Å². The number of hydrogen-bond acceptors (Lipinski definition) is 4. The van der Waals surface area contributed by atoms with Gasteiger partial charge in [0.15, 0.2) is 11.5 Å². The Bertz CT molecular complexity index is 389. The van der Waals surface area contributed by atoms with E-state index in [1.54, 1.807) is 12.1 Å². The molecule has 1 aromatic carbocycles. The highest BCUT2D eigenvalue weighted by atomic mass is 19.3. The van der Waals surface area contributed by atoms with Crippen molar-refractivity contribution in [1.82, 2.24) is 10.2 Å². The molecule has 0 heterocycles. The topological polar surface area (TPSA) is 33.7 Å². The second-order valence-corrected chi connectivity index (χ2v) is 4.21. The van der Waals surface area contributed by atoms with Crippen LogP contribution in [0.5, 0.6) is 11.5 Å². The molecule has 108 valence electrons. The van der Waals surface area contributed by atoms with Gasteiger partial charge in [-0.1, -0.05) is 6.07 Å². The summed E-state index contributed by atoms with van der Waals surface area (Å²) in [6.45, 7) is -0.461. The van der Waals surface area contributed by atoms with Crippen molar-refractivity contribution in [1.29, 1.82) is 0 Å². The maximum absolute atomic E-state index is 12.3. The van der Waals surface area contributed by atoms with E-state index in [1.165, 1.54) is 7.11 Å². The monoisotopic (exact) mass is 274 g/mol. The van der Waals surface area contributed by atoms with E-state index < -0.39 is 6.61 Å². The lowest BCUT2D eigenvalue weighted by Gasteiger charge is -2.17. The number of rotatable bonds is 8. The van der Waals surface area contributed by atoms with Gasteiger partial charge in [-0.3, -0.25) is 0 Å². The van der Waals surface area contributed by atoms with Crippen LogP contribution in [0.2, 0.25) is 0 Å². The van der Waals surface area contributed by atoms with Crippen LogP contribution >= 0.6 is 0 Å². The first-order valence-electron chi connectivity index (χ1n) is 6.01. The fourth-order valence-corrected chi connectivity index (χ4v) is 1.70. The number of methoxy groups -OCH3 is 1. The minimum atomic E-state index is -2.86. The van der Waals surface area contributed by atoms with E-state index in [9.17, 15) is 8.78 Å². The van der Waals surface area contributed by atoms with Gasteiger partial charge in [-0.05, 0) is 31.8 Å². The summed E-state index contributed by atoms with van der Waals surface area (Å²) in [5.41, 5.74) is 0.898. The average molecular weight is 274 g/mol. The summed E-state index contributed by atoms with van der Waals surface area (Å²) >= 11 is 0. The van der Waals surface area contributed by atoms with Gasteiger partial charge in [0.2, 0.25) is 0 Å². The number of alkyl halides is 2. The molecule has 0 spiro atoms. The molecule has 0 amide bonds. The largest absolute Gasteiger partial charge is 0.493 e. The lowest BCUT2D eigenvalue weighted by molar-refractivity contribution is -0.0512. The molecule has 0 saturated carbocycles. The molecule has 0 bridgehead atoms. The van der Waals surface area contributed by atoms with Gasteiger partial charge in [0.05, 0.1) is 7.11 Å². The highest BCUT2D eigenvalue weighted by Crippen LogP contribution is 2.29. The summed E-state index contributed by atoms with van der Waals surface area (Å²) in [6.07, 6.45) is 0. The Morgan fingerprint density at radius 3 is 2.63 bits per heavy atom. The molecule has 1 rings (SSSR count). The number of benzene rings is 1. The first kappa shape index (κ1) is 15.7. The first-order chi connectivity index (χ1) is 9.06. The molecule has 0 atom stereocenters. The van der Waals surface area contributed by atoms with E-state index >= 15 is 0 Å². The summed E-state index contributed by atoms with van der Waals surface area (Å²) in [6, 6.07) is 5.06. The molecule has 0 aliphatic carbocycles. The van der Waals surface area contributed by atoms with Gasteiger partial charge in [0.1, 0.15) is 0 Å². The molecule has 4 nitrogen and oxygen atoms in total. The molecular formula is C13H20F2N2O2. The maximum atomic E-state index is 12.3. The van der Waals surface area contributed by atoms with E-state index in [0.717, 1.165) is 18.7 Å². The van der Waals surface area contributed by atoms with Crippen LogP contribution in [0, 0.1) is 0 Å². The van der Waals surface area contributed by atoms with E-state index in [1.807, 2.05) is 20.2 Å². The van der Waals surface area contributed by atoms with Gasteiger partial charge in [0.25, 0.3) is 0 Å². The number of nitrogens with zero attached hydrogens (tertiary/aromatic N) is 1. The van der Waals surface area contributed by atoms with Gasteiger partial charge < -0.3 is 19.7 Å². The summed E-state index contributed by atoms with van der Waals surface area (Å²) in [7, 11) is 5.28. The Balaban J connectivity index is 2.74. The summed E-state index contributed by atoms with van der Waals surface area (Å²) < 4.78 is 34.0. The third kappa shape index (κ3) is 5.40. The Kier molecular flexibility index (Phi) is 6.52. The van der Waals surface area contributed by atoms with E-state index in [0.29, 0.717) is 12.3 Å². The third-order valence-corrected chi connectivity index (χ3v) is 2.64. The Morgan fingerprint density at radius 2 is 2.05 bits per heavy atom. The molecule has 0 aliphatic rings. The summed E-state index contributed by atoms with van der Waals surface area (Å²) in [5.74, 6) is 0.374. The number of hydrogen-bond donors (Lipinski definition) is 1. The molecule has 0 radical (unpaired) electrons. The maximum Gasteiger partial charge on any atom is 0.387 e. The zero-order valence-corrected chi connectivity index (χ0v) is 11.5. The molecule has 1 aromatic rings. The Labute approximate surface area is 112 Å². The van der Waals surface area contributed by atoms with E-state index in [4.69, 9.17) is 4.74 Å². The zero-order chi connectivity index (χ0) is 14.3. The van der Waals surface area contributed by atoms with Crippen molar-refractivity contribution >= 4 is 0 Å². The van der Waals surface area contributed by atoms with Crippen molar-refractivity contribution < 1.29 is 18.3 Å². The molecule has 0 unspecified atom stereocenters. The van der Waals surface area contributed by atoms with Gasteiger partial charge >= 0.3 is 6.61 Å². The van der Waals surface area contributed by atoms with Crippen LogP contribution in [0.15, 0.2) is 18.2 Å². The van der Waals surface area contributed by atoms with E-state index in [2.05, 4.69) is 15.0 Å². The average Bonchev–Trinajstić information content (AvgIpc) is 2.36. The van der Waals surface area contributed by atoms with Crippen molar-refractivity contribution in [2.24, 2.45) is 0 Å². The predicted molar refractivity (Wildman–Crippen MR) is 69.9 cm³/mol. The van der Waals surface area contributed by atoms with Gasteiger partial charge in [-0.15, -0.1) is 0 Å². The smallest absolute Gasteiger partial charge is 0.387 e. The van der Waals surface area contributed by atoms with Crippen LogP contribution in [-0.2, 0) is 6.54 Å². The highest BCUT2D eigenvalue weighted by Gasteiger charge is 2.11. The van der Waals surface area contributed by atoms with Crippen LogP contribution in [0.1, 0.15) is 5.56 Å². The molecular weight excluding hydrogens is 254 g/mol. The number of nitrogens with one attached hydrogen (secondary N) is 1. The van der Waals surface area contributed by atoms with Crippen LogP contribution < -0.4 is 14.8 Å². The van der Waals surface area contributed by atoms with Gasteiger partial charge in [-0.2, -0.15) is 8.78 Å². The predicted octanol–water partition coefficient (Wildman–Crippen LogP) is 1.95. The SMILES string of the molecule is CNCCN(C)Cc1ccc(OC)c(OC(F)F)c1. The minimum Gasteiger partial charge on any atom is -0.493 e. The van der Waals surface area contributed by atoms with Crippen LogP contribution in [-0.4, -0.2) is 45.8 Å². The quantitative estimate of drug-likeness (QED) is 0.785. The van der Waals surface area contributed by atoms with Crippen molar-refractivity contribution in [3.63, 3.8) is 0 Å². The Hall–Kier alpha value is -1.40. The van der Waals surface area contributed by atoms with Gasteiger partial charge in [0, 0.05) is 19.6 Å². The molecule has 0 aliphatic heterocycles. The summed E-state index contributed by atoms with van der Waals surface area (Å²) in [4.78, 5) is 2.09. The first-order valence-corrected chi connectivity index (χ1v) is 6.01. The molecule has 1 N–H and O–H groups in total. The molecule has 0 saturated heterocycles. The van der Waals surface area contributed by atoms with E-state index in [-0.39, 0.29) is 5.75 Å². The lowest BCUT2D eigenvalue weighted by atomic mass is 10.2. The molecule has 6 heteroatoms. The van der Waals surface area contributed by atoms with Crippen LogP contribution in [0.4, 0.5) is 8.78 Å². The minimum absolute atomic E-state index is 0.0667. The van der Waals surface area contributed by atoms with Crippen molar-refractivity contribution in [3.8, 4) is 11.5 Å². The van der Waals surface area contributed by atoms with Crippen molar-refractivity contribution in [3.05, 3.63) is 23.8 Å². The second kappa shape index (κ2) is 7.91. The summed E-state index contributed by atoms with van der Waals surface area (Å²) in [5, 5.41) is 3.05. The standard InChI is InChI=1S/C13H20F2N2O2/c1-16-6-7-17(2)9-10-4-5-11(18-3)12(8-10)19-13(14)15/h4-5,8,13,16H,6-7,9H2,1-3H3. The molecule has 0 fully saturated rings. The number of halogens is 2.